The van der Waals surface area contributed by atoms with Crippen LogP contribution in [0.1, 0.15) is 18.5 Å². The van der Waals surface area contributed by atoms with Gasteiger partial charge in [-0.2, -0.15) is 0 Å². The molecule has 1 unspecified atom stereocenters. The quantitative estimate of drug-likeness (QED) is 0.648. The maximum absolute atomic E-state index is 9.21. The number of hydrogen-bond donors (Lipinski definition) is 3. The monoisotopic (exact) mass is 233 g/mol. The molecule has 0 aromatic heterocycles. The van der Waals surface area contributed by atoms with Crippen LogP contribution in [-0.4, -0.2) is 10.2 Å². The van der Waals surface area contributed by atoms with Gasteiger partial charge in [0.2, 0.25) is 0 Å². The summed E-state index contributed by atoms with van der Waals surface area (Å²) in [5, 5.41) is 18.2. The molecule has 0 amide bonds. The summed E-state index contributed by atoms with van der Waals surface area (Å²) in [5.41, 5.74) is 6.07. The minimum absolute atomic E-state index is 0. The van der Waals surface area contributed by atoms with Crippen LogP contribution < -0.4 is 5.73 Å². The molecule has 4 heteroatoms. The Labute approximate surface area is 81.6 Å². The zero-order chi connectivity index (χ0) is 8.43. The fraction of sp³-hybridized carbons (Fsp3) is 0.250. The minimum atomic E-state index is -0.262. The maximum atomic E-state index is 9.21. The molecule has 0 heterocycles. The lowest BCUT2D eigenvalue weighted by Gasteiger charge is -2.07. The number of hydrogen-bond acceptors (Lipinski definition) is 3. The zero-order valence-electron chi connectivity index (χ0n) is 6.69. The number of rotatable bonds is 1. The van der Waals surface area contributed by atoms with E-state index in [1.54, 1.807) is 6.92 Å². The Morgan fingerprint density at radius 1 is 1.33 bits per heavy atom. The van der Waals surface area contributed by atoms with Gasteiger partial charge in [0.05, 0.1) is 0 Å². The van der Waals surface area contributed by atoms with E-state index in [0.29, 0.717) is 5.56 Å². The topological polar surface area (TPSA) is 66.5 Å². The average molecular weight is 234 g/mol. The molecule has 0 aliphatic carbocycles. The van der Waals surface area contributed by atoms with Crippen molar-refractivity contribution in [1.29, 1.82) is 0 Å². The summed E-state index contributed by atoms with van der Waals surface area (Å²) in [6, 6.07) is 4.04. The van der Waals surface area contributed by atoms with Gasteiger partial charge in [-0.05, 0) is 25.1 Å². The normalized spacial score (nSPS) is 11.8. The predicted octanol–water partition coefficient (Wildman–Crippen LogP) is 1.70. The molecular weight excluding hydrogens is 222 g/mol. The number of phenolic OH excluding ortho intramolecular Hbond substituents is 2. The van der Waals surface area contributed by atoms with Gasteiger partial charge >= 0.3 is 0 Å². The Morgan fingerprint density at radius 3 is 2.33 bits per heavy atom. The van der Waals surface area contributed by atoms with Gasteiger partial charge in [-0.15, -0.1) is 17.0 Å². The van der Waals surface area contributed by atoms with E-state index in [-0.39, 0.29) is 34.5 Å². The summed E-state index contributed by atoms with van der Waals surface area (Å²) in [5.74, 6) is 0.243. The van der Waals surface area contributed by atoms with Crippen molar-refractivity contribution in [2.45, 2.75) is 13.0 Å². The number of halogens is 1. The summed E-state index contributed by atoms with van der Waals surface area (Å²) < 4.78 is 0. The van der Waals surface area contributed by atoms with Gasteiger partial charge in [0.25, 0.3) is 0 Å². The smallest absolute Gasteiger partial charge is 0.120 e. The van der Waals surface area contributed by atoms with Gasteiger partial charge in [0, 0.05) is 11.6 Å². The van der Waals surface area contributed by atoms with Crippen LogP contribution in [0.2, 0.25) is 0 Å². The molecule has 68 valence electrons. The SMILES string of the molecule is Br.CC(N)c1cc(O)ccc1O. The van der Waals surface area contributed by atoms with E-state index in [0.717, 1.165) is 0 Å². The Hall–Kier alpha value is -0.740. The van der Waals surface area contributed by atoms with E-state index in [1.165, 1.54) is 18.2 Å². The van der Waals surface area contributed by atoms with Gasteiger partial charge in [0.1, 0.15) is 11.5 Å². The summed E-state index contributed by atoms with van der Waals surface area (Å²) in [7, 11) is 0. The van der Waals surface area contributed by atoms with E-state index >= 15 is 0 Å². The Kier molecular flexibility index (Phi) is 4.06. The second-order valence-electron chi connectivity index (χ2n) is 2.53. The van der Waals surface area contributed by atoms with Crippen molar-refractivity contribution in [3.8, 4) is 11.5 Å². The third kappa shape index (κ3) is 2.39. The third-order valence-electron chi connectivity index (χ3n) is 1.50. The lowest BCUT2D eigenvalue weighted by atomic mass is 10.1. The first kappa shape index (κ1) is 11.3. The molecule has 3 nitrogen and oxygen atoms in total. The highest BCUT2D eigenvalue weighted by molar-refractivity contribution is 8.93. The summed E-state index contributed by atoms with van der Waals surface area (Å²) in [4.78, 5) is 0. The van der Waals surface area contributed by atoms with Crippen LogP contribution in [0.25, 0.3) is 0 Å². The molecule has 12 heavy (non-hydrogen) atoms. The molecule has 1 aromatic rings. The first-order chi connectivity index (χ1) is 5.11. The molecule has 0 fully saturated rings. The van der Waals surface area contributed by atoms with Crippen molar-refractivity contribution >= 4 is 17.0 Å². The lowest BCUT2D eigenvalue weighted by Crippen LogP contribution is -2.04. The van der Waals surface area contributed by atoms with E-state index in [9.17, 15) is 5.11 Å². The van der Waals surface area contributed by atoms with E-state index in [1.807, 2.05) is 0 Å². The molecule has 0 saturated heterocycles. The Balaban J connectivity index is 0.00000121. The van der Waals surface area contributed by atoms with Gasteiger partial charge < -0.3 is 15.9 Å². The zero-order valence-corrected chi connectivity index (χ0v) is 8.40. The van der Waals surface area contributed by atoms with Gasteiger partial charge in [-0.3, -0.25) is 0 Å². The molecule has 0 aliphatic rings. The number of benzene rings is 1. The molecule has 0 radical (unpaired) electrons. The summed E-state index contributed by atoms with van der Waals surface area (Å²) >= 11 is 0. The first-order valence-corrected chi connectivity index (χ1v) is 3.38. The van der Waals surface area contributed by atoms with E-state index in [4.69, 9.17) is 10.8 Å². The molecule has 0 spiro atoms. The Morgan fingerprint density at radius 2 is 1.92 bits per heavy atom. The van der Waals surface area contributed by atoms with Gasteiger partial charge in [-0.1, -0.05) is 0 Å². The highest BCUT2D eigenvalue weighted by atomic mass is 79.9. The number of aromatic hydroxyl groups is 2. The fourth-order valence-electron chi connectivity index (χ4n) is 0.907. The highest BCUT2D eigenvalue weighted by Crippen LogP contribution is 2.25. The van der Waals surface area contributed by atoms with Crippen LogP contribution >= 0.6 is 17.0 Å². The average Bonchev–Trinajstić information content (AvgIpc) is 1.94. The van der Waals surface area contributed by atoms with Crippen LogP contribution in [0.3, 0.4) is 0 Å². The molecule has 0 aliphatic heterocycles. The van der Waals surface area contributed by atoms with Gasteiger partial charge in [0.15, 0.2) is 0 Å². The third-order valence-corrected chi connectivity index (χ3v) is 1.50. The maximum Gasteiger partial charge on any atom is 0.120 e. The molecule has 4 N–H and O–H groups in total. The molecular formula is C8H12BrNO2. The van der Waals surface area contributed by atoms with Crippen molar-refractivity contribution in [1.82, 2.24) is 0 Å². The van der Waals surface area contributed by atoms with Crippen molar-refractivity contribution in [3.05, 3.63) is 23.8 Å². The number of nitrogens with two attached hydrogens (primary N) is 1. The second kappa shape index (κ2) is 4.33. The number of phenols is 2. The largest absolute Gasteiger partial charge is 0.508 e. The van der Waals surface area contributed by atoms with E-state index < -0.39 is 0 Å². The Bertz CT molecular complexity index is 263. The van der Waals surface area contributed by atoms with Crippen molar-refractivity contribution in [2.24, 2.45) is 5.73 Å². The molecule has 0 saturated carbocycles. The molecule has 1 atom stereocenters. The van der Waals surface area contributed by atoms with Crippen LogP contribution in [0.15, 0.2) is 18.2 Å². The van der Waals surface area contributed by atoms with Crippen molar-refractivity contribution < 1.29 is 10.2 Å². The summed E-state index contributed by atoms with van der Waals surface area (Å²) in [6.45, 7) is 1.74. The molecule has 1 rings (SSSR count). The van der Waals surface area contributed by atoms with Crippen LogP contribution in [0, 0.1) is 0 Å². The molecule has 1 aromatic carbocycles. The van der Waals surface area contributed by atoms with Crippen molar-refractivity contribution in [3.63, 3.8) is 0 Å². The summed E-state index contributed by atoms with van der Waals surface area (Å²) in [6.07, 6.45) is 0. The van der Waals surface area contributed by atoms with Crippen LogP contribution in [-0.2, 0) is 0 Å². The van der Waals surface area contributed by atoms with Crippen LogP contribution in [0.4, 0.5) is 0 Å². The molecule has 0 bridgehead atoms. The van der Waals surface area contributed by atoms with Gasteiger partial charge in [-0.25, -0.2) is 0 Å². The van der Waals surface area contributed by atoms with Crippen molar-refractivity contribution in [2.75, 3.05) is 0 Å². The second-order valence-corrected chi connectivity index (χ2v) is 2.53. The van der Waals surface area contributed by atoms with E-state index in [2.05, 4.69) is 0 Å². The predicted molar refractivity (Wildman–Crippen MR) is 52.7 cm³/mol. The van der Waals surface area contributed by atoms with Crippen LogP contribution in [0.5, 0.6) is 11.5 Å². The minimum Gasteiger partial charge on any atom is -0.508 e. The lowest BCUT2D eigenvalue weighted by molar-refractivity contribution is 0.450. The fourth-order valence-corrected chi connectivity index (χ4v) is 0.907. The first-order valence-electron chi connectivity index (χ1n) is 3.38. The standard InChI is InChI=1S/C8H11NO2.BrH/c1-5(9)7-4-6(10)2-3-8(7)11;/h2-5,10-11H,9H2,1H3;1H. The highest BCUT2D eigenvalue weighted by Gasteiger charge is 2.05.